The second kappa shape index (κ2) is 12.0. The molecule has 38 heavy (non-hydrogen) atoms. The summed E-state index contributed by atoms with van der Waals surface area (Å²) in [6.07, 6.45) is 1.46. The molecule has 7 nitrogen and oxygen atoms in total. The van der Waals surface area contributed by atoms with E-state index in [4.69, 9.17) is 21.1 Å². The van der Waals surface area contributed by atoms with Crippen LogP contribution in [0.15, 0.2) is 82.5 Å². The molecule has 0 aliphatic rings. The van der Waals surface area contributed by atoms with Crippen LogP contribution >= 0.6 is 11.6 Å². The van der Waals surface area contributed by atoms with E-state index >= 15 is 0 Å². The van der Waals surface area contributed by atoms with Gasteiger partial charge in [-0.05, 0) is 68.8 Å². The normalized spacial score (nSPS) is 10.8. The largest absolute Gasteiger partial charge is 0.492 e. The van der Waals surface area contributed by atoms with E-state index in [2.05, 4.69) is 0 Å². The zero-order valence-electron chi connectivity index (χ0n) is 21.6. The molecule has 0 saturated heterocycles. The molecule has 0 atom stereocenters. The number of nitrogens with zero attached hydrogens (tertiary/aromatic N) is 2. The van der Waals surface area contributed by atoms with Crippen molar-refractivity contribution in [3.8, 4) is 11.5 Å². The fraction of sp³-hybridized carbons (Fsp3) is 0.233. The minimum atomic E-state index is -0.461. The molecule has 0 bridgehead atoms. The first-order chi connectivity index (χ1) is 18.2. The van der Waals surface area contributed by atoms with Crippen molar-refractivity contribution in [2.75, 3.05) is 13.2 Å². The highest BCUT2D eigenvalue weighted by molar-refractivity contribution is 6.31. The fourth-order valence-corrected chi connectivity index (χ4v) is 4.39. The molecule has 196 valence electrons. The molecule has 1 heterocycles. The van der Waals surface area contributed by atoms with Crippen molar-refractivity contribution in [2.24, 2.45) is 0 Å². The van der Waals surface area contributed by atoms with Crippen molar-refractivity contribution in [3.63, 3.8) is 0 Å². The maximum absolute atomic E-state index is 13.3. The lowest BCUT2D eigenvalue weighted by atomic mass is 9.99. The molecule has 4 aromatic rings. The molecule has 0 fully saturated rings. The van der Waals surface area contributed by atoms with E-state index in [0.717, 1.165) is 21.3 Å². The molecular formula is C30H29ClN2O5. The maximum Gasteiger partial charge on any atom is 0.331 e. The molecule has 1 aromatic heterocycles. The monoisotopic (exact) mass is 532 g/mol. The van der Waals surface area contributed by atoms with Crippen LogP contribution in [0.2, 0.25) is 5.02 Å². The highest BCUT2D eigenvalue weighted by Crippen LogP contribution is 2.26. The molecule has 0 unspecified atom stereocenters. The van der Waals surface area contributed by atoms with E-state index in [0.29, 0.717) is 27.6 Å². The predicted molar refractivity (Wildman–Crippen MR) is 148 cm³/mol. The molecule has 8 heteroatoms. The van der Waals surface area contributed by atoms with Gasteiger partial charge in [0.1, 0.15) is 24.7 Å². The van der Waals surface area contributed by atoms with Crippen LogP contribution in [0, 0.1) is 20.8 Å². The van der Waals surface area contributed by atoms with Crippen LogP contribution in [0.3, 0.4) is 0 Å². The zero-order valence-corrected chi connectivity index (χ0v) is 22.3. The first kappa shape index (κ1) is 26.9. The third kappa shape index (κ3) is 6.61. The van der Waals surface area contributed by atoms with Crippen molar-refractivity contribution >= 4 is 17.4 Å². The van der Waals surface area contributed by atoms with Crippen molar-refractivity contribution in [1.29, 1.82) is 0 Å². The third-order valence-corrected chi connectivity index (χ3v) is 6.21. The SMILES string of the molecule is Cc1cccc(OCCn2ccc(=O)n(CCOc3ccc(Cl)cc3C(=O)c3cc(C)cc(C)c3)c2=O)c1. The van der Waals surface area contributed by atoms with Crippen molar-refractivity contribution in [1.82, 2.24) is 9.13 Å². The molecule has 0 amide bonds. The van der Waals surface area contributed by atoms with Crippen LogP contribution in [-0.4, -0.2) is 28.1 Å². The van der Waals surface area contributed by atoms with Crippen LogP contribution < -0.4 is 20.7 Å². The van der Waals surface area contributed by atoms with Gasteiger partial charge in [-0.1, -0.05) is 40.9 Å². The van der Waals surface area contributed by atoms with Crippen molar-refractivity contribution < 1.29 is 14.3 Å². The van der Waals surface area contributed by atoms with Gasteiger partial charge in [0.25, 0.3) is 5.56 Å². The zero-order chi connectivity index (χ0) is 27.2. The number of carbonyl (C=O) groups excluding carboxylic acids is 1. The summed E-state index contributed by atoms with van der Waals surface area (Å²) in [5.74, 6) is 0.825. The molecule has 0 radical (unpaired) electrons. The lowest BCUT2D eigenvalue weighted by molar-refractivity contribution is 0.103. The third-order valence-electron chi connectivity index (χ3n) is 5.97. The Morgan fingerprint density at radius 2 is 1.55 bits per heavy atom. The van der Waals surface area contributed by atoms with Gasteiger partial charge in [0, 0.05) is 22.8 Å². The summed E-state index contributed by atoms with van der Waals surface area (Å²) in [5.41, 5.74) is 2.98. The molecule has 3 aromatic carbocycles. The fourth-order valence-electron chi connectivity index (χ4n) is 4.21. The quantitative estimate of drug-likeness (QED) is 0.269. The van der Waals surface area contributed by atoms with Gasteiger partial charge in [-0.15, -0.1) is 0 Å². The minimum Gasteiger partial charge on any atom is -0.492 e. The minimum absolute atomic E-state index is 0.00765. The molecule has 0 N–H and O–H groups in total. The summed E-state index contributed by atoms with van der Waals surface area (Å²) in [6.45, 7) is 6.40. The number of carbonyl (C=O) groups is 1. The number of rotatable bonds is 10. The Bertz CT molecular complexity index is 1570. The van der Waals surface area contributed by atoms with Gasteiger partial charge in [0.05, 0.1) is 18.7 Å². The van der Waals surface area contributed by atoms with E-state index in [1.165, 1.54) is 16.8 Å². The van der Waals surface area contributed by atoms with Gasteiger partial charge in [0.15, 0.2) is 5.78 Å². The second-order valence-corrected chi connectivity index (χ2v) is 9.58. The Kier molecular flexibility index (Phi) is 8.48. The molecule has 0 aliphatic carbocycles. The lowest BCUT2D eigenvalue weighted by Crippen LogP contribution is -2.40. The van der Waals surface area contributed by atoms with Gasteiger partial charge >= 0.3 is 5.69 Å². The first-order valence-corrected chi connectivity index (χ1v) is 12.6. The predicted octanol–water partition coefficient (Wildman–Crippen LogP) is 4.98. The number of benzene rings is 3. The van der Waals surface area contributed by atoms with Gasteiger partial charge in [-0.2, -0.15) is 0 Å². The summed E-state index contributed by atoms with van der Waals surface area (Å²) in [7, 11) is 0. The molecular weight excluding hydrogens is 504 g/mol. The summed E-state index contributed by atoms with van der Waals surface area (Å²) in [4.78, 5) is 38.6. The van der Waals surface area contributed by atoms with Gasteiger partial charge in [0.2, 0.25) is 0 Å². The van der Waals surface area contributed by atoms with Gasteiger partial charge in [-0.25, -0.2) is 4.79 Å². The summed E-state index contributed by atoms with van der Waals surface area (Å²) in [6, 6.07) is 19.4. The molecule has 4 rings (SSSR count). The summed E-state index contributed by atoms with van der Waals surface area (Å²) >= 11 is 6.18. The summed E-state index contributed by atoms with van der Waals surface area (Å²) in [5, 5.41) is 0.403. The van der Waals surface area contributed by atoms with E-state index in [1.807, 2.05) is 63.2 Å². The Morgan fingerprint density at radius 3 is 2.29 bits per heavy atom. The number of hydrogen-bond acceptors (Lipinski definition) is 5. The van der Waals surface area contributed by atoms with Crippen molar-refractivity contribution in [3.05, 3.63) is 127 Å². The Balaban J connectivity index is 1.46. The number of ether oxygens (including phenoxy) is 2. The Labute approximate surface area is 225 Å². The van der Waals surface area contributed by atoms with Crippen LogP contribution in [0.25, 0.3) is 0 Å². The average molecular weight is 533 g/mol. The van der Waals surface area contributed by atoms with E-state index < -0.39 is 11.2 Å². The highest BCUT2D eigenvalue weighted by Gasteiger charge is 2.17. The Morgan fingerprint density at radius 1 is 0.816 bits per heavy atom. The van der Waals surface area contributed by atoms with Gasteiger partial charge in [-0.3, -0.25) is 18.7 Å². The first-order valence-electron chi connectivity index (χ1n) is 12.3. The number of hydrogen-bond donors (Lipinski definition) is 0. The number of aromatic nitrogens is 2. The van der Waals surface area contributed by atoms with E-state index in [-0.39, 0.29) is 32.1 Å². The molecule has 0 saturated carbocycles. The summed E-state index contributed by atoms with van der Waals surface area (Å²) < 4.78 is 14.2. The highest BCUT2D eigenvalue weighted by atomic mass is 35.5. The lowest BCUT2D eigenvalue weighted by Gasteiger charge is -2.14. The van der Waals surface area contributed by atoms with Crippen LogP contribution in [-0.2, 0) is 13.1 Å². The maximum atomic E-state index is 13.3. The smallest absolute Gasteiger partial charge is 0.331 e. The molecule has 0 spiro atoms. The second-order valence-electron chi connectivity index (χ2n) is 9.14. The topological polar surface area (TPSA) is 79.5 Å². The van der Waals surface area contributed by atoms with Crippen molar-refractivity contribution in [2.45, 2.75) is 33.9 Å². The van der Waals surface area contributed by atoms with Crippen LogP contribution in [0.5, 0.6) is 11.5 Å². The number of ketones is 1. The number of aryl methyl sites for hydroxylation is 3. The Hall–Kier alpha value is -4.10. The molecule has 0 aliphatic heterocycles. The van der Waals surface area contributed by atoms with E-state index in [1.54, 1.807) is 18.2 Å². The number of halogens is 1. The van der Waals surface area contributed by atoms with Gasteiger partial charge < -0.3 is 9.47 Å². The average Bonchev–Trinajstić information content (AvgIpc) is 2.87. The van der Waals surface area contributed by atoms with E-state index in [9.17, 15) is 14.4 Å². The van der Waals surface area contributed by atoms with Crippen LogP contribution in [0.4, 0.5) is 0 Å². The standard InChI is InChI=1S/C30H29ClN2O5/c1-20-5-4-6-25(18-20)37-13-11-32-10-9-28(34)33(30(32)36)12-14-38-27-8-7-24(31)19-26(27)29(35)23-16-21(2)15-22(3)17-23/h4-10,15-19H,11-14H2,1-3H3. The van der Waals surface area contributed by atoms with Crippen LogP contribution in [0.1, 0.15) is 32.6 Å².